The van der Waals surface area contributed by atoms with Crippen LogP contribution in [0.15, 0.2) is 36.5 Å². The average molecular weight is 216 g/mol. The van der Waals surface area contributed by atoms with Gasteiger partial charge in [0.1, 0.15) is 5.69 Å². The lowest BCUT2D eigenvalue weighted by Gasteiger charge is -2.08. The fraction of sp³-hybridized carbons (Fsp3) is 0.154. The number of nitrogens with zero attached hydrogens (tertiary/aromatic N) is 1. The number of para-hydroxylation sites is 1. The highest BCUT2D eigenvalue weighted by Crippen LogP contribution is 2.27. The van der Waals surface area contributed by atoms with Gasteiger partial charge in [0.2, 0.25) is 0 Å². The molecule has 0 aliphatic rings. The van der Waals surface area contributed by atoms with Gasteiger partial charge in [0.25, 0.3) is 0 Å². The second-order valence-corrected chi connectivity index (χ2v) is 3.57. The van der Waals surface area contributed by atoms with E-state index in [0.717, 1.165) is 0 Å². The number of hydrogen-bond acceptors (Lipinski definition) is 2. The Bertz CT molecular complexity index is 509. The normalized spacial score (nSPS) is 10.4. The molecule has 1 aromatic carbocycles. The van der Waals surface area contributed by atoms with Crippen LogP contribution in [0.3, 0.4) is 0 Å². The van der Waals surface area contributed by atoms with Gasteiger partial charge in [-0.2, -0.15) is 0 Å². The van der Waals surface area contributed by atoms with Crippen LogP contribution < -0.4 is 5.73 Å². The minimum Gasteiger partial charge on any atom is -0.398 e. The second kappa shape index (κ2) is 4.31. The summed E-state index contributed by atoms with van der Waals surface area (Å²) in [5.41, 5.74) is 7.99. The smallest absolute Gasteiger partial charge is 0.152 e. The number of hydrogen-bond donors (Lipinski definition) is 1. The summed E-state index contributed by atoms with van der Waals surface area (Å²) in [5, 5.41) is 0. The third-order valence-electron chi connectivity index (χ3n) is 2.57. The van der Waals surface area contributed by atoms with E-state index in [0.29, 0.717) is 28.9 Å². The molecular weight excluding hydrogens is 203 g/mol. The van der Waals surface area contributed by atoms with E-state index >= 15 is 0 Å². The first-order valence-electron chi connectivity index (χ1n) is 5.22. The van der Waals surface area contributed by atoms with Crippen LogP contribution in [-0.2, 0) is 6.42 Å². The van der Waals surface area contributed by atoms with Crippen molar-refractivity contribution in [1.29, 1.82) is 0 Å². The molecule has 2 rings (SSSR count). The molecular formula is C13H13FN2. The quantitative estimate of drug-likeness (QED) is 0.784. The SMILES string of the molecule is CCc1ccnc(-c2ccccc2N)c1F. The summed E-state index contributed by atoms with van der Waals surface area (Å²) in [5.74, 6) is -0.275. The van der Waals surface area contributed by atoms with E-state index in [1.54, 1.807) is 24.4 Å². The van der Waals surface area contributed by atoms with E-state index in [9.17, 15) is 4.39 Å². The molecule has 1 heterocycles. The van der Waals surface area contributed by atoms with E-state index in [1.807, 2.05) is 19.1 Å². The Labute approximate surface area is 93.9 Å². The zero-order valence-electron chi connectivity index (χ0n) is 9.07. The molecule has 0 aliphatic heterocycles. The minimum absolute atomic E-state index is 0.275. The first-order valence-corrected chi connectivity index (χ1v) is 5.22. The third kappa shape index (κ3) is 1.76. The van der Waals surface area contributed by atoms with Gasteiger partial charge < -0.3 is 5.73 Å². The lowest BCUT2D eigenvalue weighted by atomic mass is 10.1. The van der Waals surface area contributed by atoms with E-state index in [2.05, 4.69) is 4.98 Å². The van der Waals surface area contributed by atoms with E-state index in [-0.39, 0.29) is 5.82 Å². The maximum absolute atomic E-state index is 14.0. The van der Waals surface area contributed by atoms with Crippen LogP contribution in [0.5, 0.6) is 0 Å². The maximum atomic E-state index is 14.0. The van der Waals surface area contributed by atoms with Crippen molar-refractivity contribution in [3.8, 4) is 11.3 Å². The highest BCUT2D eigenvalue weighted by Gasteiger charge is 2.11. The molecule has 1 aromatic heterocycles. The Kier molecular flexibility index (Phi) is 2.86. The summed E-state index contributed by atoms with van der Waals surface area (Å²) >= 11 is 0. The van der Waals surface area contributed by atoms with E-state index in [4.69, 9.17) is 5.73 Å². The molecule has 0 spiro atoms. The molecule has 0 fully saturated rings. The molecule has 2 nitrogen and oxygen atoms in total. The van der Waals surface area contributed by atoms with Crippen molar-refractivity contribution in [3.63, 3.8) is 0 Å². The number of aromatic nitrogens is 1. The average Bonchev–Trinajstić information content (AvgIpc) is 2.31. The largest absolute Gasteiger partial charge is 0.398 e. The van der Waals surface area contributed by atoms with Gasteiger partial charge in [-0.1, -0.05) is 25.1 Å². The molecule has 0 unspecified atom stereocenters. The zero-order chi connectivity index (χ0) is 11.5. The number of aryl methyl sites for hydroxylation is 1. The monoisotopic (exact) mass is 216 g/mol. The first-order chi connectivity index (χ1) is 7.74. The summed E-state index contributed by atoms with van der Waals surface area (Å²) < 4.78 is 14.0. The maximum Gasteiger partial charge on any atom is 0.152 e. The van der Waals surface area contributed by atoms with Crippen LogP contribution >= 0.6 is 0 Å². The highest BCUT2D eigenvalue weighted by molar-refractivity contribution is 5.74. The second-order valence-electron chi connectivity index (χ2n) is 3.57. The van der Waals surface area contributed by atoms with Crippen LogP contribution in [-0.4, -0.2) is 4.98 Å². The summed E-state index contributed by atoms with van der Waals surface area (Å²) in [4.78, 5) is 4.06. The zero-order valence-corrected chi connectivity index (χ0v) is 9.07. The van der Waals surface area contributed by atoms with Gasteiger partial charge >= 0.3 is 0 Å². The van der Waals surface area contributed by atoms with Gasteiger partial charge in [0.15, 0.2) is 5.82 Å². The number of nitrogens with two attached hydrogens (primary N) is 1. The summed E-state index contributed by atoms with van der Waals surface area (Å²) in [6, 6.07) is 8.86. The Morgan fingerprint density at radius 3 is 2.69 bits per heavy atom. The van der Waals surface area contributed by atoms with E-state index < -0.39 is 0 Å². The van der Waals surface area contributed by atoms with Crippen molar-refractivity contribution in [2.75, 3.05) is 5.73 Å². The number of nitrogen functional groups attached to an aromatic ring is 1. The van der Waals surface area contributed by atoms with Gasteiger partial charge in [-0.15, -0.1) is 0 Å². The Balaban J connectivity index is 2.61. The molecule has 0 radical (unpaired) electrons. The van der Waals surface area contributed by atoms with Gasteiger partial charge in [-0.25, -0.2) is 4.39 Å². The fourth-order valence-electron chi connectivity index (χ4n) is 1.66. The van der Waals surface area contributed by atoms with Crippen molar-refractivity contribution in [2.24, 2.45) is 0 Å². The molecule has 82 valence electrons. The minimum atomic E-state index is -0.275. The van der Waals surface area contributed by atoms with Crippen molar-refractivity contribution in [1.82, 2.24) is 4.98 Å². The number of benzene rings is 1. The predicted octanol–water partition coefficient (Wildman–Crippen LogP) is 3.03. The van der Waals surface area contributed by atoms with Gasteiger partial charge in [0.05, 0.1) is 0 Å². The van der Waals surface area contributed by atoms with Gasteiger partial charge in [-0.05, 0) is 24.1 Å². The topological polar surface area (TPSA) is 38.9 Å². The number of pyridine rings is 1. The summed E-state index contributed by atoms with van der Waals surface area (Å²) in [6.45, 7) is 1.91. The van der Waals surface area contributed by atoms with Crippen molar-refractivity contribution < 1.29 is 4.39 Å². The molecule has 0 bridgehead atoms. The van der Waals surface area contributed by atoms with Gasteiger partial charge in [-0.3, -0.25) is 4.98 Å². The molecule has 0 amide bonds. The number of rotatable bonds is 2. The molecule has 0 aliphatic carbocycles. The Morgan fingerprint density at radius 2 is 2.00 bits per heavy atom. The molecule has 0 saturated heterocycles. The molecule has 3 heteroatoms. The first kappa shape index (κ1) is 10.6. The van der Waals surface area contributed by atoms with Crippen molar-refractivity contribution >= 4 is 5.69 Å². The van der Waals surface area contributed by atoms with Crippen LogP contribution in [0.25, 0.3) is 11.3 Å². The Morgan fingerprint density at radius 1 is 1.25 bits per heavy atom. The molecule has 2 aromatic rings. The number of halogens is 1. The predicted molar refractivity (Wildman–Crippen MR) is 63.4 cm³/mol. The molecule has 0 saturated carbocycles. The van der Waals surface area contributed by atoms with Crippen molar-refractivity contribution in [3.05, 3.63) is 47.9 Å². The lowest BCUT2D eigenvalue weighted by Crippen LogP contribution is -1.97. The van der Waals surface area contributed by atoms with E-state index in [1.165, 1.54) is 0 Å². The van der Waals surface area contributed by atoms with Crippen LogP contribution in [0, 0.1) is 5.82 Å². The molecule has 2 N–H and O–H groups in total. The molecule has 0 atom stereocenters. The standard InChI is InChI=1S/C13H13FN2/c1-2-9-7-8-16-13(12(9)14)10-5-3-4-6-11(10)15/h3-8H,2,15H2,1H3. The lowest BCUT2D eigenvalue weighted by molar-refractivity contribution is 0.610. The van der Waals surface area contributed by atoms with Crippen LogP contribution in [0.1, 0.15) is 12.5 Å². The fourth-order valence-corrected chi connectivity index (χ4v) is 1.66. The number of anilines is 1. The van der Waals surface area contributed by atoms with Gasteiger partial charge in [0, 0.05) is 17.4 Å². The highest BCUT2D eigenvalue weighted by atomic mass is 19.1. The van der Waals surface area contributed by atoms with Crippen LogP contribution in [0.2, 0.25) is 0 Å². The Hall–Kier alpha value is -1.90. The summed E-state index contributed by atoms with van der Waals surface area (Å²) in [6.07, 6.45) is 2.26. The molecule has 16 heavy (non-hydrogen) atoms. The van der Waals surface area contributed by atoms with Crippen molar-refractivity contribution in [2.45, 2.75) is 13.3 Å². The third-order valence-corrected chi connectivity index (χ3v) is 2.57. The summed E-state index contributed by atoms with van der Waals surface area (Å²) in [7, 11) is 0. The van der Waals surface area contributed by atoms with Crippen LogP contribution in [0.4, 0.5) is 10.1 Å².